The Morgan fingerprint density at radius 1 is 0.932 bits per heavy atom. The van der Waals surface area contributed by atoms with Crippen molar-refractivity contribution >= 4 is 27.9 Å². The molecule has 1 aliphatic heterocycles. The maximum atomic E-state index is 13.5. The van der Waals surface area contributed by atoms with E-state index in [1.807, 2.05) is 70.2 Å². The van der Waals surface area contributed by atoms with Gasteiger partial charge in [-0.2, -0.15) is 8.42 Å². The lowest BCUT2D eigenvalue weighted by molar-refractivity contribution is 0.0241. The second-order valence-corrected chi connectivity index (χ2v) is 13.4. The molecule has 0 saturated carbocycles. The maximum absolute atomic E-state index is 13.5. The van der Waals surface area contributed by atoms with Crippen LogP contribution in [0.3, 0.4) is 0 Å². The zero-order valence-electron chi connectivity index (χ0n) is 26.0. The molecule has 0 radical (unpaired) electrons. The highest BCUT2D eigenvalue weighted by molar-refractivity contribution is 7.86. The highest BCUT2D eigenvalue weighted by Crippen LogP contribution is 2.27. The van der Waals surface area contributed by atoms with Gasteiger partial charge in [-0.25, -0.2) is 9.59 Å². The van der Waals surface area contributed by atoms with E-state index in [2.05, 4.69) is 5.32 Å². The molecule has 10 nitrogen and oxygen atoms in total. The summed E-state index contributed by atoms with van der Waals surface area (Å²) in [5.41, 5.74) is 3.86. The number of benzene rings is 3. The lowest BCUT2D eigenvalue weighted by Crippen LogP contribution is -2.35. The summed E-state index contributed by atoms with van der Waals surface area (Å²) in [6.45, 7) is 8.96. The second-order valence-electron chi connectivity index (χ2n) is 11.8. The minimum atomic E-state index is -3.85. The van der Waals surface area contributed by atoms with Gasteiger partial charge in [-0.05, 0) is 93.6 Å². The van der Waals surface area contributed by atoms with Gasteiger partial charge in [-0.15, -0.1) is 0 Å². The lowest BCUT2D eigenvalue weighted by Gasteiger charge is -2.24. The Bertz CT molecular complexity index is 1550. The molecular formula is C33H41N3O7S. The van der Waals surface area contributed by atoms with Gasteiger partial charge in [0.25, 0.3) is 10.1 Å². The Kier molecular flexibility index (Phi) is 10.5. The number of rotatable bonds is 11. The number of urea groups is 1. The molecule has 0 atom stereocenters. The monoisotopic (exact) mass is 623 g/mol. The van der Waals surface area contributed by atoms with Crippen LogP contribution in [0.2, 0.25) is 0 Å². The fourth-order valence-corrected chi connectivity index (χ4v) is 5.62. The highest BCUT2D eigenvalue weighted by Gasteiger charge is 2.28. The number of aryl methyl sites for hydroxylation is 1. The zero-order valence-corrected chi connectivity index (χ0v) is 26.8. The van der Waals surface area contributed by atoms with E-state index in [1.54, 1.807) is 29.0 Å². The van der Waals surface area contributed by atoms with Crippen molar-refractivity contribution in [1.82, 2.24) is 9.80 Å². The molecule has 3 aromatic carbocycles. The molecule has 0 aliphatic carbocycles. The van der Waals surface area contributed by atoms with Crippen molar-refractivity contribution in [3.63, 3.8) is 0 Å². The first-order valence-corrected chi connectivity index (χ1v) is 16.0. The van der Waals surface area contributed by atoms with Gasteiger partial charge in [-0.1, -0.05) is 35.9 Å². The summed E-state index contributed by atoms with van der Waals surface area (Å²) in [5, 5.41) is 2.99. The van der Waals surface area contributed by atoms with Gasteiger partial charge in [0.15, 0.2) is 0 Å². The molecule has 0 saturated heterocycles. The molecule has 0 bridgehead atoms. The minimum absolute atomic E-state index is 0.00712. The SMILES string of the molecule is COc1ccc(CN(CCCCOS(=O)(=O)c2ccc(C)cc2)C(=O)Nc2ccc3c(c2)CN(C(=O)OC(C)(C)C)C3)cc1. The average molecular weight is 624 g/mol. The minimum Gasteiger partial charge on any atom is -0.497 e. The maximum Gasteiger partial charge on any atom is 0.410 e. The molecule has 1 aliphatic rings. The first-order valence-electron chi connectivity index (χ1n) is 14.6. The third-order valence-corrected chi connectivity index (χ3v) is 8.35. The van der Waals surface area contributed by atoms with Gasteiger partial charge in [-0.3, -0.25) is 9.08 Å². The fraction of sp³-hybridized carbons (Fsp3) is 0.394. The molecular weight excluding hydrogens is 582 g/mol. The Balaban J connectivity index is 1.37. The van der Waals surface area contributed by atoms with Crippen LogP contribution < -0.4 is 10.1 Å². The molecule has 0 spiro atoms. The number of unbranched alkanes of at least 4 members (excludes halogenated alkanes) is 1. The van der Waals surface area contributed by atoms with E-state index < -0.39 is 15.7 Å². The number of ether oxygens (including phenoxy) is 2. The normalized spacial score (nSPS) is 12.9. The molecule has 4 rings (SSSR count). The van der Waals surface area contributed by atoms with Crippen LogP contribution in [-0.2, 0) is 38.7 Å². The fourth-order valence-electron chi connectivity index (χ4n) is 4.68. The number of hydrogen-bond acceptors (Lipinski definition) is 7. The quantitative estimate of drug-likeness (QED) is 0.192. The summed E-state index contributed by atoms with van der Waals surface area (Å²) in [4.78, 5) is 29.5. The first-order chi connectivity index (χ1) is 20.8. The molecule has 44 heavy (non-hydrogen) atoms. The van der Waals surface area contributed by atoms with E-state index >= 15 is 0 Å². The molecule has 236 valence electrons. The van der Waals surface area contributed by atoms with Crippen LogP contribution in [0.1, 0.15) is 55.9 Å². The Labute approximate surface area is 260 Å². The number of anilines is 1. The van der Waals surface area contributed by atoms with E-state index in [1.165, 1.54) is 12.1 Å². The third kappa shape index (κ3) is 9.20. The standard InChI is InChI=1S/C33H41N3O7S/c1-24-8-16-30(17-9-24)44(39,40)42-19-7-6-18-35(21-25-10-14-29(41-5)15-11-25)31(37)34-28-13-12-26-22-36(23-27(26)20-28)32(38)43-33(2,3)4/h8-17,20H,6-7,18-19,21-23H2,1-5H3,(H,34,37). The van der Waals surface area contributed by atoms with Crippen molar-refractivity contribution < 1.29 is 31.7 Å². The lowest BCUT2D eigenvalue weighted by atomic mass is 10.1. The average Bonchev–Trinajstić information content (AvgIpc) is 3.40. The number of amides is 3. The van der Waals surface area contributed by atoms with E-state index in [4.69, 9.17) is 13.7 Å². The van der Waals surface area contributed by atoms with E-state index in [0.29, 0.717) is 44.7 Å². The Hall–Kier alpha value is -4.09. The van der Waals surface area contributed by atoms with Crippen molar-refractivity contribution in [2.24, 2.45) is 0 Å². The summed E-state index contributed by atoms with van der Waals surface area (Å²) in [7, 11) is -2.25. The number of nitrogens with zero attached hydrogens (tertiary/aromatic N) is 2. The zero-order chi connectivity index (χ0) is 31.9. The summed E-state index contributed by atoms with van der Waals surface area (Å²) >= 11 is 0. The molecule has 11 heteroatoms. The van der Waals surface area contributed by atoms with Crippen molar-refractivity contribution in [3.8, 4) is 5.75 Å². The molecule has 0 fully saturated rings. The van der Waals surface area contributed by atoms with E-state index in [9.17, 15) is 18.0 Å². The van der Waals surface area contributed by atoms with E-state index in [0.717, 1.165) is 28.0 Å². The Morgan fingerprint density at radius 2 is 1.61 bits per heavy atom. The summed E-state index contributed by atoms with van der Waals surface area (Å²) in [5.74, 6) is 0.718. The van der Waals surface area contributed by atoms with Crippen LogP contribution in [0.25, 0.3) is 0 Å². The number of carbonyl (C=O) groups excluding carboxylic acids is 2. The predicted octanol–water partition coefficient (Wildman–Crippen LogP) is 6.47. The number of fused-ring (bicyclic) bond motifs is 1. The van der Waals surface area contributed by atoms with Crippen LogP contribution >= 0.6 is 0 Å². The second kappa shape index (κ2) is 14.1. The van der Waals surface area contributed by atoms with Crippen LogP contribution in [0.15, 0.2) is 71.6 Å². The smallest absolute Gasteiger partial charge is 0.410 e. The van der Waals surface area contributed by atoms with Crippen LogP contribution in [-0.4, -0.2) is 56.2 Å². The summed E-state index contributed by atoms with van der Waals surface area (Å²) in [6, 6.07) is 19.3. The van der Waals surface area contributed by atoms with Gasteiger partial charge >= 0.3 is 12.1 Å². The van der Waals surface area contributed by atoms with Gasteiger partial charge in [0.2, 0.25) is 0 Å². The Morgan fingerprint density at radius 3 is 2.27 bits per heavy atom. The summed E-state index contributed by atoms with van der Waals surface area (Å²) < 4.78 is 41.0. The third-order valence-electron chi connectivity index (χ3n) is 7.02. The number of carbonyl (C=O) groups is 2. The topological polar surface area (TPSA) is 114 Å². The first kappa shape index (κ1) is 32.8. The number of nitrogens with one attached hydrogen (secondary N) is 1. The van der Waals surface area contributed by atoms with Crippen molar-refractivity contribution in [1.29, 1.82) is 0 Å². The van der Waals surface area contributed by atoms with Gasteiger partial charge in [0, 0.05) is 31.9 Å². The van der Waals surface area contributed by atoms with Crippen molar-refractivity contribution in [2.45, 2.75) is 70.7 Å². The summed E-state index contributed by atoms with van der Waals surface area (Å²) in [6.07, 6.45) is 0.597. The van der Waals surface area contributed by atoms with Crippen LogP contribution in [0.4, 0.5) is 15.3 Å². The van der Waals surface area contributed by atoms with Crippen molar-refractivity contribution in [3.05, 3.63) is 89.0 Å². The predicted molar refractivity (Wildman–Crippen MR) is 168 cm³/mol. The number of methoxy groups -OCH3 is 1. The van der Waals surface area contributed by atoms with Crippen LogP contribution in [0, 0.1) is 6.92 Å². The largest absolute Gasteiger partial charge is 0.497 e. The van der Waals surface area contributed by atoms with Gasteiger partial charge in [0.1, 0.15) is 11.4 Å². The molecule has 1 N–H and O–H groups in total. The molecule has 3 amide bonds. The molecule has 0 aromatic heterocycles. The van der Waals surface area contributed by atoms with Gasteiger partial charge in [0.05, 0.1) is 18.6 Å². The number of hydrogen-bond donors (Lipinski definition) is 1. The molecule has 0 unspecified atom stereocenters. The molecule has 3 aromatic rings. The highest BCUT2D eigenvalue weighted by atomic mass is 32.2. The molecule has 1 heterocycles. The van der Waals surface area contributed by atoms with Crippen molar-refractivity contribution in [2.75, 3.05) is 25.6 Å². The van der Waals surface area contributed by atoms with Crippen LogP contribution in [0.5, 0.6) is 5.75 Å². The van der Waals surface area contributed by atoms with E-state index in [-0.39, 0.29) is 23.6 Å². The van der Waals surface area contributed by atoms with Gasteiger partial charge < -0.3 is 19.7 Å².